The summed E-state index contributed by atoms with van der Waals surface area (Å²) in [6.07, 6.45) is -4.20. The molecule has 1 fully saturated rings. The second-order valence-corrected chi connectivity index (χ2v) is 9.34. The Bertz CT molecular complexity index is 1140. The van der Waals surface area contributed by atoms with Crippen LogP contribution in [0.3, 0.4) is 0 Å². The molecule has 3 rings (SSSR count). The number of alkyl halides is 3. The number of ether oxygens (including phenoxy) is 2. The minimum atomic E-state index is -4.92. The van der Waals surface area contributed by atoms with Gasteiger partial charge in [-0.05, 0) is 43.2 Å². The number of rotatable bonds is 6. The molecule has 12 heteroatoms. The Kier molecular flexibility index (Phi) is 7.17. The third-order valence-electron chi connectivity index (χ3n) is 5.29. The van der Waals surface area contributed by atoms with Crippen molar-refractivity contribution in [2.45, 2.75) is 23.9 Å². The summed E-state index contributed by atoms with van der Waals surface area (Å²) in [5.41, 5.74) is -1.73. The van der Waals surface area contributed by atoms with Crippen molar-refractivity contribution in [3.63, 3.8) is 0 Å². The summed E-state index contributed by atoms with van der Waals surface area (Å²) in [6, 6.07) is 6.27. The Balaban J connectivity index is 1.77. The fraction of sp³-hybridized carbons (Fsp3) is 0.381. The lowest BCUT2D eigenvalue weighted by atomic mass is 9.98. The van der Waals surface area contributed by atoms with Gasteiger partial charge < -0.3 is 14.8 Å². The van der Waals surface area contributed by atoms with E-state index in [0.29, 0.717) is 30.7 Å². The number of amides is 1. The van der Waals surface area contributed by atoms with Crippen molar-refractivity contribution in [1.82, 2.24) is 4.31 Å². The number of benzene rings is 2. The lowest BCUT2D eigenvalue weighted by molar-refractivity contribution is -0.140. The highest BCUT2D eigenvalue weighted by atomic mass is 32.2. The maximum Gasteiger partial charge on any atom is 0.419 e. The smallest absolute Gasteiger partial charge is 0.419 e. The van der Waals surface area contributed by atoms with Crippen molar-refractivity contribution < 1.29 is 40.2 Å². The van der Waals surface area contributed by atoms with Crippen LogP contribution in [-0.2, 0) is 21.0 Å². The molecule has 1 amide bonds. The van der Waals surface area contributed by atoms with Crippen molar-refractivity contribution in [2.24, 2.45) is 5.92 Å². The molecule has 2 aromatic carbocycles. The van der Waals surface area contributed by atoms with E-state index in [4.69, 9.17) is 9.47 Å². The molecule has 1 aliphatic heterocycles. The van der Waals surface area contributed by atoms with Gasteiger partial charge in [0.05, 0.1) is 30.6 Å². The molecule has 1 heterocycles. The molecule has 0 saturated carbocycles. The van der Waals surface area contributed by atoms with E-state index < -0.39 is 39.4 Å². The van der Waals surface area contributed by atoms with E-state index in [1.165, 1.54) is 32.4 Å². The Morgan fingerprint density at radius 1 is 1.09 bits per heavy atom. The lowest BCUT2D eigenvalue weighted by Gasteiger charge is -2.31. The van der Waals surface area contributed by atoms with Crippen LogP contribution in [-0.4, -0.2) is 45.9 Å². The first-order chi connectivity index (χ1) is 15.5. The van der Waals surface area contributed by atoms with Gasteiger partial charge in [-0.2, -0.15) is 17.5 Å². The Morgan fingerprint density at radius 3 is 2.42 bits per heavy atom. The van der Waals surface area contributed by atoms with Gasteiger partial charge in [0.15, 0.2) is 11.5 Å². The van der Waals surface area contributed by atoms with Crippen molar-refractivity contribution >= 4 is 21.6 Å². The quantitative estimate of drug-likeness (QED) is 0.621. The van der Waals surface area contributed by atoms with Crippen LogP contribution in [0.15, 0.2) is 41.3 Å². The van der Waals surface area contributed by atoms with Gasteiger partial charge >= 0.3 is 6.18 Å². The molecule has 1 atom stereocenters. The second-order valence-electron chi connectivity index (χ2n) is 7.40. The van der Waals surface area contributed by atoms with Gasteiger partial charge in [0, 0.05) is 24.8 Å². The van der Waals surface area contributed by atoms with E-state index >= 15 is 0 Å². The number of halogens is 4. The fourth-order valence-corrected chi connectivity index (χ4v) is 5.11. The average Bonchev–Trinajstić information content (AvgIpc) is 2.79. The van der Waals surface area contributed by atoms with Crippen LogP contribution < -0.4 is 14.8 Å². The van der Waals surface area contributed by atoms with Gasteiger partial charge in [-0.3, -0.25) is 4.79 Å². The number of hydrogen-bond donors (Lipinski definition) is 1. The standard InChI is InChI=1S/C21H22F4N2O5S/c1-31-18-8-6-15(11-19(18)32-2)33(29,30)27-9-3-4-13(12-27)20(28)26-14-5-7-17(22)16(10-14)21(23,24)25/h5-8,10-11,13H,3-4,9,12H2,1-2H3,(H,26,28)/t13-/m1/s1. The van der Waals surface area contributed by atoms with Gasteiger partial charge in [0.25, 0.3) is 0 Å². The summed E-state index contributed by atoms with van der Waals surface area (Å²) in [6.45, 7) is 0.0189. The number of sulfonamides is 1. The van der Waals surface area contributed by atoms with Crippen LogP contribution in [0.25, 0.3) is 0 Å². The van der Waals surface area contributed by atoms with E-state index in [1.807, 2.05) is 0 Å². The zero-order valence-electron chi connectivity index (χ0n) is 17.8. The molecule has 1 saturated heterocycles. The van der Waals surface area contributed by atoms with Crippen LogP contribution in [0.2, 0.25) is 0 Å². The van der Waals surface area contributed by atoms with Crippen LogP contribution in [0.1, 0.15) is 18.4 Å². The molecule has 1 N–H and O–H groups in total. The van der Waals surface area contributed by atoms with E-state index in [-0.39, 0.29) is 29.4 Å². The van der Waals surface area contributed by atoms with E-state index in [2.05, 4.69) is 5.32 Å². The van der Waals surface area contributed by atoms with Crippen molar-refractivity contribution in [3.05, 3.63) is 47.8 Å². The van der Waals surface area contributed by atoms with E-state index in [9.17, 15) is 30.8 Å². The van der Waals surface area contributed by atoms with Crippen molar-refractivity contribution in [1.29, 1.82) is 0 Å². The lowest BCUT2D eigenvalue weighted by Crippen LogP contribution is -2.43. The molecule has 180 valence electrons. The zero-order valence-corrected chi connectivity index (χ0v) is 18.6. The molecule has 0 aromatic heterocycles. The van der Waals surface area contributed by atoms with E-state index in [1.54, 1.807) is 0 Å². The van der Waals surface area contributed by atoms with Crippen LogP contribution in [0.5, 0.6) is 11.5 Å². The first-order valence-electron chi connectivity index (χ1n) is 9.87. The highest BCUT2D eigenvalue weighted by Crippen LogP contribution is 2.34. The first-order valence-corrected chi connectivity index (χ1v) is 11.3. The molecular formula is C21H22F4N2O5S. The SMILES string of the molecule is COc1ccc(S(=O)(=O)N2CCC[C@@H](C(=O)Nc3ccc(F)c(C(F)(F)F)c3)C2)cc1OC. The summed E-state index contributed by atoms with van der Waals surface area (Å²) in [5.74, 6) is -2.33. The molecule has 33 heavy (non-hydrogen) atoms. The first kappa shape index (κ1) is 24.8. The highest BCUT2D eigenvalue weighted by Gasteiger charge is 2.36. The number of anilines is 1. The largest absolute Gasteiger partial charge is 0.493 e. The fourth-order valence-electron chi connectivity index (χ4n) is 3.57. The highest BCUT2D eigenvalue weighted by molar-refractivity contribution is 7.89. The maximum absolute atomic E-state index is 13.5. The van der Waals surface area contributed by atoms with Crippen molar-refractivity contribution in [2.75, 3.05) is 32.6 Å². The average molecular weight is 490 g/mol. The van der Waals surface area contributed by atoms with E-state index in [0.717, 1.165) is 10.4 Å². The Hall–Kier alpha value is -2.86. The number of nitrogens with zero attached hydrogens (tertiary/aromatic N) is 1. The minimum Gasteiger partial charge on any atom is -0.493 e. The predicted molar refractivity (Wildman–Crippen MR) is 111 cm³/mol. The molecule has 0 aliphatic carbocycles. The summed E-state index contributed by atoms with van der Waals surface area (Å²) in [5, 5.41) is 2.33. The minimum absolute atomic E-state index is 0.0467. The molecule has 0 unspecified atom stereocenters. The third kappa shape index (κ3) is 5.38. The van der Waals surface area contributed by atoms with Crippen LogP contribution >= 0.6 is 0 Å². The molecule has 0 bridgehead atoms. The number of hydrogen-bond acceptors (Lipinski definition) is 5. The molecular weight excluding hydrogens is 468 g/mol. The molecule has 0 radical (unpaired) electrons. The van der Waals surface area contributed by atoms with Gasteiger partial charge in [0.2, 0.25) is 15.9 Å². The Labute approximate surface area is 188 Å². The number of piperidine rings is 1. The summed E-state index contributed by atoms with van der Waals surface area (Å²) >= 11 is 0. The normalized spacial score (nSPS) is 17.5. The van der Waals surface area contributed by atoms with Gasteiger partial charge in [-0.15, -0.1) is 0 Å². The summed E-state index contributed by atoms with van der Waals surface area (Å²) < 4.78 is 89.9. The molecule has 7 nitrogen and oxygen atoms in total. The topological polar surface area (TPSA) is 84.9 Å². The molecule has 0 spiro atoms. The van der Waals surface area contributed by atoms with Crippen molar-refractivity contribution in [3.8, 4) is 11.5 Å². The van der Waals surface area contributed by atoms with Gasteiger partial charge in [-0.1, -0.05) is 0 Å². The Morgan fingerprint density at radius 2 is 1.79 bits per heavy atom. The maximum atomic E-state index is 13.5. The second kappa shape index (κ2) is 9.56. The number of nitrogens with one attached hydrogen (secondary N) is 1. The van der Waals surface area contributed by atoms with Gasteiger partial charge in [-0.25, -0.2) is 12.8 Å². The molecule has 2 aromatic rings. The van der Waals surface area contributed by atoms with Crippen LogP contribution in [0.4, 0.5) is 23.2 Å². The summed E-state index contributed by atoms with van der Waals surface area (Å²) in [4.78, 5) is 12.6. The van der Waals surface area contributed by atoms with Crippen LogP contribution in [0, 0.1) is 11.7 Å². The third-order valence-corrected chi connectivity index (χ3v) is 7.15. The monoisotopic (exact) mass is 490 g/mol. The predicted octanol–water partition coefficient (Wildman–Crippen LogP) is 3.90. The zero-order chi connectivity index (χ0) is 24.4. The number of carbonyl (C=O) groups is 1. The summed E-state index contributed by atoms with van der Waals surface area (Å²) in [7, 11) is -1.19. The van der Waals surface area contributed by atoms with Gasteiger partial charge in [0.1, 0.15) is 5.82 Å². The molecule has 1 aliphatic rings. The number of carbonyl (C=O) groups excluding carboxylic acids is 1. The number of methoxy groups -OCH3 is 2.